The van der Waals surface area contributed by atoms with Crippen LogP contribution in [0.5, 0.6) is 0 Å². The second kappa shape index (κ2) is 5.55. The summed E-state index contributed by atoms with van der Waals surface area (Å²) in [5, 5.41) is 11.5. The van der Waals surface area contributed by atoms with E-state index < -0.39 is 11.9 Å². The molecule has 1 aromatic rings. The SMILES string of the molecule is CC(=O)NC(=Cc1cc(C)c(N)c(Cl)c1)C(=O)O. The molecule has 0 heterocycles. The van der Waals surface area contributed by atoms with Crippen molar-refractivity contribution in [3.8, 4) is 0 Å². The van der Waals surface area contributed by atoms with Gasteiger partial charge < -0.3 is 16.2 Å². The predicted octanol–water partition coefficient (Wildman–Crippen LogP) is 1.79. The lowest BCUT2D eigenvalue weighted by Crippen LogP contribution is -2.24. The maximum absolute atomic E-state index is 10.9. The summed E-state index contributed by atoms with van der Waals surface area (Å²) >= 11 is 5.90. The van der Waals surface area contributed by atoms with Gasteiger partial charge in [0.25, 0.3) is 0 Å². The molecule has 0 atom stereocenters. The van der Waals surface area contributed by atoms with Crippen molar-refractivity contribution in [2.24, 2.45) is 0 Å². The average molecular weight is 269 g/mol. The number of carbonyl (C=O) groups is 2. The lowest BCUT2D eigenvalue weighted by Gasteiger charge is -2.06. The first kappa shape index (κ1) is 14.1. The number of amides is 1. The first-order valence-corrected chi connectivity index (χ1v) is 5.47. The summed E-state index contributed by atoms with van der Waals surface area (Å²) in [6.07, 6.45) is 1.32. The second-order valence-electron chi connectivity index (χ2n) is 3.78. The maximum Gasteiger partial charge on any atom is 0.352 e. The van der Waals surface area contributed by atoms with Crippen LogP contribution >= 0.6 is 11.6 Å². The van der Waals surface area contributed by atoms with Gasteiger partial charge in [0.05, 0.1) is 10.7 Å². The number of hydrogen-bond acceptors (Lipinski definition) is 3. The first-order chi connectivity index (χ1) is 8.31. The lowest BCUT2D eigenvalue weighted by molar-refractivity contribution is -0.134. The number of nitrogens with one attached hydrogen (secondary N) is 1. The zero-order valence-electron chi connectivity index (χ0n) is 9.95. The Balaban J connectivity index is 3.20. The van der Waals surface area contributed by atoms with Crippen molar-refractivity contribution >= 4 is 35.2 Å². The third-order valence-corrected chi connectivity index (χ3v) is 2.52. The molecule has 0 aliphatic carbocycles. The standard InChI is InChI=1S/C12H13ClN2O3/c1-6-3-8(4-9(13)11(6)14)5-10(12(17)18)15-7(2)16/h3-5H,14H2,1-2H3,(H,15,16)(H,17,18). The minimum atomic E-state index is -1.23. The highest BCUT2D eigenvalue weighted by molar-refractivity contribution is 6.33. The number of halogens is 1. The van der Waals surface area contributed by atoms with E-state index in [1.54, 1.807) is 13.0 Å². The summed E-state index contributed by atoms with van der Waals surface area (Å²) in [5.74, 6) is -1.68. The van der Waals surface area contributed by atoms with Crippen LogP contribution in [0.2, 0.25) is 5.02 Å². The number of aliphatic carboxylic acids is 1. The zero-order chi connectivity index (χ0) is 13.9. The van der Waals surface area contributed by atoms with Crippen molar-refractivity contribution in [1.29, 1.82) is 0 Å². The zero-order valence-corrected chi connectivity index (χ0v) is 10.7. The molecular formula is C12H13ClN2O3. The number of nitrogens with two attached hydrogens (primary N) is 1. The molecule has 1 rings (SSSR count). The Morgan fingerprint density at radius 3 is 2.50 bits per heavy atom. The fourth-order valence-electron chi connectivity index (χ4n) is 1.37. The summed E-state index contributed by atoms with van der Waals surface area (Å²) in [4.78, 5) is 21.8. The number of hydrogen-bond donors (Lipinski definition) is 3. The smallest absolute Gasteiger partial charge is 0.352 e. The molecule has 0 saturated carbocycles. The van der Waals surface area contributed by atoms with Gasteiger partial charge >= 0.3 is 5.97 Å². The molecule has 6 heteroatoms. The minimum Gasteiger partial charge on any atom is -0.477 e. The van der Waals surface area contributed by atoms with Gasteiger partial charge in [-0.2, -0.15) is 0 Å². The van der Waals surface area contributed by atoms with Crippen LogP contribution in [0.4, 0.5) is 5.69 Å². The Morgan fingerprint density at radius 2 is 2.06 bits per heavy atom. The molecular weight excluding hydrogens is 256 g/mol. The Bertz CT molecular complexity index is 515. The van der Waals surface area contributed by atoms with Crippen molar-refractivity contribution in [1.82, 2.24) is 5.32 Å². The van der Waals surface area contributed by atoms with E-state index in [9.17, 15) is 9.59 Å². The number of benzene rings is 1. The first-order valence-electron chi connectivity index (χ1n) is 5.09. The van der Waals surface area contributed by atoms with Crippen molar-refractivity contribution < 1.29 is 14.7 Å². The van der Waals surface area contributed by atoms with E-state index in [-0.39, 0.29) is 5.70 Å². The number of carboxylic acids is 1. The van der Waals surface area contributed by atoms with Crippen LogP contribution in [0, 0.1) is 6.92 Å². The molecule has 0 aliphatic heterocycles. The third kappa shape index (κ3) is 3.49. The number of nitrogen functional groups attached to an aromatic ring is 1. The van der Waals surface area contributed by atoms with E-state index in [2.05, 4.69) is 5.32 Å². The second-order valence-corrected chi connectivity index (χ2v) is 4.18. The van der Waals surface area contributed by atoms with E-state index >= 15 is 0 Å². The van der Waals surface area contributed by atoms with E-state index in [0.717, 1.165) is 5.56 Å². The largest absolute Gasteiger partial charge is 0.477 e. The third-order valence-electron chi connectivity index (χ3n) is 2.21. The van der Waals surface area contributed by atoms with Crippen LogP contribution in [0.25, 0.3) is 6.08 Å². The number of carbonyl (C=O) groups excluding carboxylic acids is 1. The predicted molar refractivity (Wildman–Crippen MR) is 70.0 cm³/mol. The molecule has 4 N–H and O–H groups in total. The molecule has 96 valence electrons. The lowest BCUT2D eigenvalue weighted by atomic mass is 10.1. The van der Waals surface area contributed by atoms with Gasteiger partial charge in [-0.3, -0.25) is 4.79 Å². The molecule has 0 unspecified atom stereocenters. The molecule has 0 fully saturated rings. The molecule has 5 nitrogen and oxygen atoms in total. The van der Waals surface area contributed by atoms with Crippen LogP contribution in [0.1, 0.15) is 18.1 Å². The Kier molecular flexibility index (Phi) is 4.33. The van der Waals surface area contributed by atoms with Gasteiger partial charge in [-0.15, -0.1) is 0 Å². The average Bonchev–Trinajstić information content (AvgIpc) is 2.24. The van der Waals surface area contributed by atoms with Crippen molar-refractivity contribution in [3.05, 3.63) is 34.0 Å². The van der Waals surface area contributed by atoms with Crippen molar-refractivity contribution in [3.63, 3.8) is 0 Å². The van der Waals surface area contributed by atoms with Crippen molar-refractivity contribution in [2.45, 2.75) is 13.8 Å². The van der Waals surface area contributed by atoms with Gasteiger partial charge in [-0.05, 0) is 36.3 Å². The summed E-state index contributed by atoms with van der Waals surface area (Å²) in [6.45, 7) is 3.00. The van der Waals surface area contributed by atoms with Crippen molar-refractivity contribution in [2.75, 3.05) is 5.73 Å². The Labute approximate surface area is 109 Å². The van der Waals surface area contributed by atoms with Crippen LogP contribution in [0.3, 0.4) is 0 Å². The van der Waals surface area contributed by atoms with Gasteiger partial charge in [0.1, 0.15) is 5.70 Å². The number of rotatable bonds is 3. The van der Waals surface area contributed by atoms with Crippen LogP contribution in [-0.2, 0) is 9.59 Å². The van der Waals surface area contributed by atoms with Crippen LogP contribution in [0.15, 0.2) is 17.8 Å². The molecule has 18 heavy (non-hydrogen) atoms. The molecule has 0 aromatic heterocycles. The maximum atomic E-state index is 10.9. The summed E-state index contributed by atoms with van der Waals surface area (Å²) in [7, 11) is 0. The minimum absolute atomic E-state index is 0.220. The molecule has 0 spiro atoms. The number of carboxylic acid groups (broad SMARTS) is 1. The highest BCUT2D eigenvalue weighted by atomic mass is 35.5. The van der Waals surface area contributed by atoms with Crippen LogP contribution in [-0.4, -0.2) is 17.0 Å². The summed E-state index contributed by atoms with van der Waals surface area (Å²) < 4.78 is 0. The molecule has 1 amide bonds. The van der Waals surface area contributed by atoms with Gasteiger partial charge in [0, 0.05) is 6.92 Å². The summed E-state index contributed by atoms with van der Waals surface area (Å²) in [6, 6.07) is 3.22. The van der Waals surface area contributed by atoms with E-state index in [1.165, 1.54) is 19.1 Å². The number of aryl methyl sites for hydroxylation is 1. The highest BCUT2D eigenvalue weighted by Crippen LogP contribution is 2.25. The fourth-order valence-corrected chi connectivity index (χ4v) is 1.65. The van der Waals surface area contributed by atoms with Gasteiger partial charge in [-0.25, -0.2) is 4.79 Å². The summed E-state index contributed by atoms with van der Waals surface area (Å²) in [5.41, 5.74) is 7.20. The van der Waals surface area contributed by atoms with Crippen LogP contribution < -0.4 is 11.1 Å². The molecule has 0 aliphatic rings. The topological polar surface area (TPSA) is 92.4 Å². The van der Waals surface area contributed by atoms with Gasteiger partial charge in [-0.1, -0.05) is 11.6 Å². The normalized spacial score (nSPS) is 11.2. The fraction of sp³-hybridized carbons (Fsp3) is 0.167. The molecule has 0 bridgehead atoms. The highest BCUT2D eigenvalue weighted by Gasteiger charge is 2.10. The van der Waals surface area contributed by atoms with E-state index in [0.29, 0.717) is 16.3 Å². The van der Waals surface area contributed by atoms with Gasteiger partial charge in [0.15, 0.2) is 0 Å². The van der Waals surface area contributed by atoms with Gasteiger partial charge in [0.2, 0.25) is 5.91 Å². The van der Waals surface area contributed by atoms with E-state index in [1.807, 2.05) is 0 Å². The molecule has 0 radical (unpaired) electrons. The monoisotopic (exact) mass is 268 g/mol. The molecule has 0 saturated heterocycles. The molecule has 1 aromatic carbocycles. The Morgan fingerprint density at radius 1 is 1.44 bits per heavy atom. The Hall–Kier alpha value is -2.01. The number of anilines is 1. The van der Waals surface area contributed by atoms with E-state index in [4.69, 9.17) is 22.4 Å². The quantitative estimate of drug-likeness (QED) is 0.576.